The average Bonchev–Trinajstić information content (AvgIpc) is 2.69. The van der Waals surface area contributed by atoms with Crippen LogP contribution in [0.5, 0.6) is 0 Å². The Hall–Kier alpha value is -2.28. The van der Waals surface area contributed by atoms with Crippen molar-refractivity contribution in [3.63, 3.8) is 0 Å². The first kappa shape index (κ1) is 17.5. The van der Waals surface area contributed by atoms with Gasteiger partial charge in [0.25, 0.3) is 0 Å². The molecule has 2 heterocycles. The first-order valence-corrected chi connectivity index (χ1v) is 8.90. The zero-order chi connectivity index (χ0) is 17.5. The van der Waals surface area contributed by atoms with Gasteiger partial charge in [-0.25, -0.2) is 0 Å². The summed E-state index contributed by atoms with van der Waals surface area (Å²) in [6.07, 6.45) is 1.31. The normalized spacial score (nSPS) is 18.2. The highest BCUT2D eigenvalue weighted by atomic mass is 16.5. The summed E-state index contributed by atoms with van der Waals surface area (Å²) in [5.74, 6) is 0.141. The second-order valence-electron chi connectivity index (χ2n) is 6.32. The fourth-order valence-corrected chi connectivity index (χ4v) is 3.24. The summed E-state index contributed by atoms with van der Waals surface area (Å²) in [6, 6.07) is 8.20. The average molecular weight is 346 g/mol. The van der Waals surface area contributed by atoms with Crippen LogP contribution in [-0.4, -0.2) is 81.1 Å². The molecular weight excluding hydrogens is 320 g/mol. The molecule has 0 bridgehead atoms. The fourth-order valence-electron chi connectivity index (χ4n) is 3.24. The smallest absolute Gasteiger partial charge is 0.224 e. The SMILES string of the molecule is O=CN1CCN(C(=O)CCNc2ccccc2N2CCOCC2)CC1. The summed E-state index contributed by atoms with van der Waals surface area (Å²) in [5, 5.41) is 3.40. The Labute approximate surface area is 148 Å². The first-order chi connectivity index (χ1) is 12.3. The maximum Gasteiger partial charge on any atom is 0.224 e. The number of hydrogen-bond donors (Lipinski definition) is 1. The van der Waals surface area contributed by atoms with Crippen molar-refractivity contribution in [2.24, 2.45) is 0 Å². The molecule has 2 aliphatic heterocycles. The molecule has 3 rings (SSSR count). The number of anilines is 2. The van der Waals surface area contributed by atoms with E-state index in [1.165, 1.54) is 0 Å². The van der Waals surface area contributed by atoms with Crippen LogP contribution >= 0.6 is 0 Å². The van der Waals surface area contributed by atoms with Crippen molar-refractivity contribution in [2.45, 2.75) is 6.42 Å². The van der Waals surface area contributed by atoms with Crippen molar-refractivity contribution >= 4 is 23.7 Å². The van der Waals surface area contributed by atoms with E-state index in [1.807, 2.05) is 17.0 Å². The van der Waals surface area contributed by atoms with Gasteiger partial charge in [0.15, 0.2) is 0 Å². The number of nitrogens with zero attached hydrogens (tertiary/aromatic N) is 3. The molecule has 0 radical (unpaired) electrons. The van der Waals surface area contributed by atoms with Gasteiger partial charge in [-0.1, -0.05) is 12.1 Å². The molecular formula is C18H26N4O3. The summed E-state index contributed by atoms with van der Waals surface area (Å²) in [6.45, 7) is 6.39. The van der Waals surface area contributed by atoms with E-state index in [0.29, 0.717) is 39.1 Å². The molecule has 2 amide bonds. The maximum absolute atomic E-state index is 12.3. The van der Waals surface area contributed by atoms with Crippen molar-refractivity contribution in [1.82, 2.24) is 9.80 Å². The number of para-hydroxylation sites is 2. The van der Waals surface area contributed by atoms with Crippen LogP contribution in [0.2, 0.25) is 0 Å². The molecule has 0 atom stereocenters. The van der Waals surface area contributed by atoms with Gasteiger partial charge in [-0.3, -0.25) is 9.59 Å². The third kappa shape index (κ3) is 4.63. The number of amides is 2. The standard InChI is InChI=1S/C18H26N4O3/c23-15-20-7-9-22(10-8-20)18(24)5-6-19-16-3-1-2-4-17(16)21-11-13-25-14-12-21/h1-4,15,19H,5-14H2. The Morgan fingerprint density at radius 3 is 2.52 bits per heavy atom. The first-order valence-electron chi connectivity index (χ1n) is 8.90. The lowest BCUT2D eigenvalue weighted by Crippen LogP contribution is -2.48. The van der Waals surface area contributed by atoms with Crippen LogP contribution < -0.4 is 10.2 Å². The molecule has 1 N–H and O–H groups in total. The van der Waals surface area contributed by atoms with Crippen LogP contribution in [-0.2, 0) is 14.3 Å². The van der Waals surface area contributed by atoms with Gasteiger partial charge in [0.05, 0.1) is 24.6 Å². The predicted octanol–water partition coefficient (Wildman–Crippen LogP) is 0.626. The second kappa shape index (κ2) is 8.71. The number of benzene rings is 1. The quantitative estimate of drug-likeness (QED) is 0.766. The molecule has 0 spiro atoms. The summed E-state index contributed by atoms with van der Waals surface area (Å²) >= 11 is 0. The van der Waals surface area contributed by atoms with Crippen LogP contribution in [0, 0.1) is 0 Å². The highest BCUT2D eigenvalue weighted by Gasteiger charge is 2.20. The molecule has 0 unspecified atom stereocenters. The topological polar surface area (TPSA) is 65.1 Å². The number of piperazine rings is 1. The van der Waals surface area contributed by atoms with Gasteiger partial charge >= 0.3 is 0 Å². The van der Waals surface area contributed by atoms with E-state index in [0.717, 1.165) is 44.1 Å². The van der Waals surface area contributed by atoms with Crippen LogP contribution in [0.3, 0.4) is 0 Å². The van der Waals surface area contributed by atoms with E-state index in [1.54, 1.807) is 4.90 Å². The van der Waals surface area contributed by atoms with Gasteiger partial charge in [-0.2, -0.15) is 0 Å². The molecule has 0 aromatic heterocycles. The van der Waals surface area contributed by atoms with Gasteiger partial charge in [-0.05, 0) is 12.1 Å². The number of ether oxygens (including phenoxy) is 1. The van der Waals surface area contributed by atoms with Crippen molar-refractivity contribution in [3.8, 4) is 0 Å². The number of carbonyl (C=O) groups excluding carboxylic acids is 2. The third-order valence-corrected chi connectivity index (χ3v) is 4.73. The number of nitrogens with one attached hydrogen (secondary N) is 1. The van der Waals surface area contributed by atoms with Gasteiger partial charge in [0.1, 0.15) is 0 Å². The van der Waals surface area contributed by atoms with E-state index < -0.39 is 0 Å². The van der Waals surface area contributed by atoms with Gasteiger partial charge < -0.3 is 24.8 Å². The summed E-state index contributed by atoms with van der Waals surface area (Å²) in [7, 11) is 0. The number of rotatable bonds is 6. The Balaban J connectivity index is 1.49. The van der Waals surface area contributed by atoms with Crippen molar-refractivity contribution < 1.29 is 14.3 Å². The lowest BCUT2D eigenvalue weighted by Gasteiger charge is -2.33. The van der Waals surface area contributed by atoms with E-state index >= 15 is 0 Å². The highest BCUT2D eigenvalue weighted by Crippen LogP contribution is 2.26. The molecule has 1 aromatic carbocycles. The summed E-state index contributed by atoms with van der Waals surface area (Å²) < 4.78 is 5.42. The lowest BCUT2D eigenvalue weighted by molar-refractivity contribution is -0.134. The fraction of sp³-hybridized carbons (Fsp3) is 0.556. The van der Waals surface area contributed by atoms with Crippen molar-refractivity contribution in [2.75, 3.05) is 69.2 Å². The van der Waals surface area contributed by atoms with Crippen molar-refractivity contribution in [3.05, 3.63) is 24.3 Å². The Kier molecular flexibility index (Phi) is 6.11. The molecule has 1 aromatic rings. The van der Waals surface area contributed by atoms with Crippen LogP contribution in [0.1, 0.15) is 6.42 Å². The maximum atomic E-state index is 12.3. The highest BCUT2D eigenvalue weighted by molar-refractivity contribution is 5.77. The van der Waals surface area contributed by atoms with E-state index in [2.05, 4.69) is 22.3 Å². The van der Waals surface area contributed by atoms with Gasteiger partial charge in [0.2, 0.25) is 12.3 Å². The van der Waals surface area contributed by atoms with E-state index in [4.69, 9.17) is 4.74 Å². The molecule has 2 saturated heterocycles. The van der Waals surface area contributed by atoms with Crippen molar-refractivity contribution in [1.29, 1.82) is 0 Å². The zero-order valence-electron chi connectivity index (χ0n) is 14.5. The minimum Gasteiger partial charge on any atom is -0.383 e. The minimum atomic E-state index is 0.141. The molecule has 136 valence electrons. The number of hydrogen-bond acceptors (Lipinski definition) is 5. The minimum absolute atomic E-state index is 0.141. The summed E-state index contributed by atoms with van der Waals surface area (Å²) in [4.78, 5) is 28.9. The lowest BCUT2D eigenvalue weighted by atomic mass is 10.2. The Morgan fingerprint density at radius 1 is 1.08 bits per heavy atom. The number of morpholine rings is 1. The monoisotopic (exact) mass is 346 g/mol. The van der Waals surface area contributed by atoms with Gasteiger partial charge in [-0.15, -0.1) is 0 Å². The van der Waals surface area contributed by atoms with E-state index in [-0.39, 0.29) is 5.91 Å². The zero-order valence-corrected chi connectivity index (χ0v) is 14.5. The summed E-state index contributed by atoms with van der Waals surface area (Å²) in [5.41, 5.74) is 2.22. The third-order valence-electron chi connectivity index (χ3n) is 4.73. The number of carbonyl (C=O) groups is 2. The van der Waals surface area contributed by atoms with Crippen LogP contribution in [0.25, 0.3) is 0 Å². The molecule has 0 saturated carbocycles. The Bertz CT molecular complexity index is 581. The molecule has 0 aliphatic carbocycles. The van der Waals surface area contributed by atoms with Gasteiger partial charge in [0, 0.05) is 52.2 Å². The predicted molar refractivity (Wildman–Crippen MR) is 96.8 cm³/mol. The largest absolute Gasteiger partial charge is 0.383 e. The Morgan fingerprint density at radius 2 is 1.80 bits per heavy atom. The van der Waals surface area contributed by atoms with E-state index in [9.17, 15) is 9.59 Å². The molecule has 7 nitrogen and oxygen atoms in total. The molecule has 2 aliphatic rings. The van der Waals surface area contributed by atoms with Crippen LogP contribution in [0.15, 0.2) is 24.3 Å². The molecule has 7 heteroatoms. The molecule has 2 fully saturated rings. The van der Waals surface area contributed by atoms with Crippen LogP contribution in [0.4, 0.5) is 11.4 Å². The molecule has 25 heavy (non-hydrogen) atoms. The second-order valence-corrected chi connectivity index (χ2v) is 6.32.